The van der Waals surface area contributed by atoms with E-state index < -0.39 is 5.97 Å². The lowest BCUT2D eigenvalue weighted by atomic mass is 10.0. The van der Waals surface area contributed by atoms with Crippen LogP contribution in [0.4, 0.5) is 0 Å². The van der Waals surface area contributed by atoms with Gasteiger partial charge in [-0.2, -0.15) is 0 Å². The number of H-pyrrole nitrogens is 1. The molecule has 1 saturated heterocycles. The van der Waals surface area contributed by atoms with E-state index in [2.05, 4.69) is 4.98 Å². The Kier molecular flexibility index (Phi) is 3.12. The van der Waals surface area contributed by atoms with Crippen molar-refractivity contribution in [2.24, 2.45) is 0 Å². The van der Waals surface area contributed by atoms with E-state index in [1.54, 1.807) is 12.1 Å². The van der Waals surface area contributed by atoms with Crippen LogP contribution in [0, 0.1) is 0 Å². The Morgan fingerprint density at radius 3 is 2.90 bits per heavy atom. The molecule has 1 aliphatic heterocycles. The average Bonchev–Trinajstić information content (AvgIpc) is 2.91. The van der Waals surface area contributed by atoms with Crippen LogP contribution in [0.5, 0.6) is 0 Å². The van der Waals surface area contributed by atoms with Gasteiger partial charge in [-0.15, -0.1) is 0 Å². The van der Waals surface area contributed by atoms with E-state index in [0.29, 0.717) is 17.4 Å². The van der Waals surface area contributed by atoms with Crippen LogP contribution < -0.4 is 5.56 Å². The molecule has 0 saturated carbocycles. The number of aromatic carboxylic acids is 1. The lowest BCUT2D eigenvalue weighted by Gasteiger charge is -2.04. The molecule has 20 heavy (non-hydrogen) atoms. The van der Waals surface area contributed by atoms with Crippen molar-refractivity contribution in [1.29, 1.82) is 0 Å². The summed E-state index contributed by atoms with van der Waals surface area (Å²) < 4.78 is 5.28. The highest BCUT2D eigenvalue weighted by molar-refractivity contribution is 6.03. The number of pyridine rings is 1. The minimum Gasteiger partial charge on any atom is -0.478 e. The molecule has 1 aliphatic rings. The van der Waals surface area contributed by atoms with Crippen LogP contribution in [0.1, 0.15) is 22.3 Å². The zero-order valence-electron chi connectivity index (χ0n) is 10.7. The average molecular weight is 271 g/mol. The molecule has 5 nitrogen and oxygen atoms in total. The molecule has 1 aromatic heterocycles. The van der Waals surface area contributed by atoms with E-state index in [9.17, 15) is 14.7 Å². The number of ether oxygens (including phenoxy) is 1. The second-order valence-corrected chi connectivity index (χ2v) is 4.75. The number of aromatic nitrogens is 1. The molecule has 5 heteroatoms. The smallest absolute Gasteiger partial charge is 0.337 e. The molecule has 1 fully saturated rings. The molecule has 0 bridgehead atoms. The molecule has 102 valence electrons. The van der Waals surface area contributed by atoms with Gasteiger partial charge in [-0.3, -0.25) is 4.79 Å². The summed E-state index contributed by atoms with van der Waals surface area (Å²) in [4.78, 5) is 25.4. The summed E-state index contributed by atoms with van der Waals surface area (Å²) >= 11 is 0. The number of nitrogens with one attached hydrogen (secondary N) is 1. The lowest BCUT2D eigenvalue weighted by molar-refractivity contribution is 0.0698. The van der Waals surface area contributed by atoms with Gasteiger partial charge in [0.2, 0.25) is 0 Å². The van der Waals surface area contributed by atoms with E-state index in [0.717, 1.165) is 18.6 Å². The fraction of sp³-hybridized carbons (Fsp3) is 0.200. The van der Waals surface area contributed by atoms with Gasteiger partial charge in [0.25, 0.3) is 5.56 Å². The molecule has 3 rings (SSSR count). The van der Waals surface area contributed by atoms with Crippen molar-refractivity contribution in [3.8, 4) is 0 Å². The number of fused-ring (bicyclic) bond motifs is 1. The Balaban J connectivity index is 2.18. The fourth-order valence-electron chi connectivity index (χ4n) is 2.37. The third-order valence-corrected chi connectivity index (χ3v) is 3.38. The Morgan fingerprint density at radius 1 is 1.35 bits per heavy atom. The van der Waals surface area contributed by atoms with Crippen LogP contribution in [0.15, 0.2) is 34.8 Å². The monoisotopic (exact) mass is 271 g/mol. The maximum Gasteiger partial charge on any atom is 0.337 e. The summed E-state index contributed by atoms with van der Waals surface area (Å²) in [6, 6.07) is 5.21. The first-order chi connectivity index (χ1) is 9.65. The van der Waals surface area contributed by atoms with Crippen molar-refractivity contribution in [3.05, 3.63) is 51.4 Å². The van der Waals surface area contributed by atoms with Gasteiger partial charge >= 0.3 is 5.97 Å². The van der Waals surface area contributed by atoms with Gasteiger partial charge < -0.3 is 14.8 Å². The summed E-state index contributed by atoms with van der Waals surface area (Å²) in [6.45, 7) is 1.33. The van der Waals surface area contributed by atoms with Crippen molar-refractivity contribution in [2.45, 2.75) is 6.42 Å². The van der Waals surface area contributed by atoms with Gasteiger partial charge in [0.05, 0.1) is 18.8 Å². The summed E-state index contributed by atoms with van der Waals surface area (Å²) in [5.74, 6) is -1.06. The molecule has 2 N–H and O–H groups in total. The van der Waals surface area contributed by atoms with Crippen LogP contribution in [0.3, 0.4) is 0 Å². The number of benzene rings is 1. The number of rotatable bonds is 2. The van der Waals surface area contributed by atoms with Gasteiger partial charge in [0.1, 0.15) is 0 Å². The molecule has 0 amide bonds. The number of aromatic amines is 1. The molecule has 0 unspecified atom stereocenters. The molecular formula is C15H13NO4. The Hall–Kier alpha value is -2.40. The summed E-state index contributed by atoms with van der Waals surface area (Å²) in [5.41, 5.74) is 1.87. The minimum atomic E-state index is -1.06. The van der Waals surface area contributed by atoms with Gasteiger partial charge in [0, 0.05) is 17.0 Å². The third-order valence-electron chi connectivity index (χ3n) is 3.38. The number of carboxylic acid groups (broad SMARTS) is 1. The van der Waals surface area contributed by atoms with E-state index >= 15 is 0 Å². The Labute approximate surface area is 114 Å². The van der Waals surface area contributed by atoms with Crippen LogP contribution in [0.2, 0.25) is 0 Å². The second-order valence-electron chi connectivity index (χ2n) is 4.75. The molecule has 0 atom stereocenters. The number of carboxylic acids is 1. The lowest BCUT2D eigenvalue weighted by Crippen LogP contribution is -2.10. The van der Waals surface area contributed by atoms with E-state index in [1.807, 2.05) is 12.1 Å². The van der Waals surface area contributed by atoms with Crippen molar-refractivity contribution in [1.82, 2.24) is 4.98 Å². The summed E-state index contributed by atoms with van der Waals surface area (Å²) in [7, 11) is 0. The minimum absolute atomic E-state index is 0.0996. The van der Waals surface area contributed by atoms with Crippen molar-refractivity contribution >= 4 is 22.8 Å². The normalized spacial score (nSPS) is 16.9. The van der Waals surface area contributed by atoms with Gasteiger partial charge in [-0.05, 0) is 29.7 Å². The fourth-order valence-corrected chi connectivity index (χ4v) is 2.37. The van der Waals surface area contributed by atoms with Crippen LogP contribution in [-0.2, 0) is 4.74 Å². The molecule has 2 aromatic rings. The molecule has 0 spiro atoms. The zero-order valence-corrected chi connectivity index (χ0v) is 10.7. The van der Waals surface area contributed by atoms with Crippen LogP contribution in [-0.4, -0.2) is 29.3 Å². The van der Waals surface area contributed by atoms with Crippen molar-refractivity contribution in [3.63, 3.8) is 0 Å². The van der Waals surface area contributed by atoms with Crippen molar-refractivity contribution < 1.29 is 14.6 Å². The maximum atomic E-state index is 11.7. The van der Waals surface area contributed by atoms with Crippen LogP contribution in [0.25, 0.3) is 16.8 Å². The van der Waals surface area contributed by atoms with E-state index in [-0.39, 0.29) is 11.1 Å². The predicted molar refractivity (Wildman–Crippen MR) is 74.9 cm³/mol. The number of carbonyl (C=O) groups is 1. The first kappa shape index (κ1) is 12.6. The molecule has 0 aliphatic carbocycles. The standard InChI is InChI=1S/C15H13NO4/c17-14-11-2-1-9(5-10-3-4-20-8-10)6-12(11)13(7-16-14)15(18)19/h1-2,5-7H,3-4,8H2,(H,16,17)(H,18,19)/b10-5+. The van der Waals surface area contributed by atoms with E-state index in [4.69, 9.17) is 4.74 Å². The van der Waals surface area contributed by atoms with Gasteiger partial charge in [0.15, 0.2) is 0 Å². The number of hydrogen-bond acceptors (Lipinski definition) is 3. The number of hydrogen-bond donors (Lipinski definition) is 2. The van der Waals surface area contributed by atoms with Crippen molar-refractivity contribution in [2.75, 3.05) is 13.2 Å². The first-order valence-corrected chi connectivity index (χ1v) is 6.31. The molecule has 0 radical (unpaired) electrons. The molecule has 1 aromatic carbocycles. The highest BCUT2D eigenvalue weighted by Crippen LogP contribution is 2.21. The Morgan fingerprint density at radius 2 is 2.20 bits per heavy atom. The SMILES string of the molecule is O=C(O)c1c[nH]c(=O)c2ccc(/C=C3\CCOC3)cc12. The summed E-state index contributed by atoms with van der Waals surface area (Å²) in [5, 5.41) is 10.0. The quantitative estimate of drug-likeness (QED) is 0.875. The highest BCUT2D eigenvalue weighted by atomic mass is 16.5. The maximum absolute atomic E-state index is 11.7. The van der Waals surface area contributed by atoms with Gasteiger partial charge in [-0.25, -0.2) is 4.79 Å². The second kappa shape index (κ2) is 4.94. The van der Waals surface area contributed by atoms with E-state index in [1.165, 1.54) is 11.8 Å². The van der Waals surface area contributed by atoms with Gasteiger partial charge in [-0.1, -0.05) is 12.1 Å². The molecule has 2 heterocycles. The topological polar surface area (TPSA) is 79.4 Å². The molecular weight excluding hydrogens is 258 g/mol. The first-order valence-electron chi connectivity index (χ1n) is 6.31. The largest absolute Gasteiger partial charge is 0.478 e. The predicted octanol–water partition coefficient (Wildman–Crippen LogP) is 2.03. The third kappa shape index (κ3) is 2.23. The highest BCUT2D eigenvalue weighted by Gasteiger charge is 2.12. The summed E-state index contributed by atoms with van der Waals surface area (Å²) in [6.07, 6.45) is 4.11. The van der Waals surface area contributed by atoms with Crippen LogP contribution >= 0.6 is 0 Å². The Bertz CT molecular complexity index is 765. The zero-order chi connectivity index (χ0) is 14.1.